The van der Waals surface area contributed by atoms with Crippen LogP contribution in [0.1, 0.15) is 30.9 Å². The van der Waals surface area contributed by atoms with Gasteiger partial charge >= 0.3 is 0 Å². The van der Waals surface area contributed by atoms with Gasteiger partial charge in [-0.05, 0) is 18.9 Å². The average Bonchev–Trinajstić information content (AvgIpc) is 2.29. The van der Waals surface area contributed by atoms with Crippen LogP contribution < -0.4 is 10.6 Å². The summed E-state index contributed by atoms with van der Waals surface area (Å²) in [5.41, 5.74) is 2.46. The first kappa shape index (κ1) is 13.7. The van der Waals surface area contributed by atoms with Crippen molar-refractivity contribution in [3.05, 3.63) is 35.4 Å². The van der Waals surface area contributed by atoms with E-state index in [1.54, 1.807) is 0 Å². The van der Waals surface area contributed by atoms with Gasteiger partial charge in [-0.3, -0.25) is 4.79 Å². The molecule has 1 amide bonds. The zero-order chi connectivity index (χ0) is 12.5. The molecular formula is C14H22N2O. The lowest BCUT2D eigenvalue weighted by Gasteiger charge is -2.06. The van der Waals surface area contributed by atoms with E-state index < -0.39 is 0 Å². The Morgan fingerprint density at radius 3 is 2.88 bits per heavy atom. The van der Waals surface area contributed by atoms with Gasteiger partial charge in [0.25, 0.3) is 0 Å². The second-order valence-electron chi connectivity index (χ2n) is 4.30. The summed E-state index contributed by atoms with van der Waals surface area (Å²) < 4.78 is 0. The monoisotopic (exact) mass is 234 g/mol. The van der Waals surface area contributed by atoms with Crippen LogP contribution >= 0.6 is 0 Å². The second kappa shape index (κ2) is 7.85. The van der Waals surface area contributed by atoms with Crippen molar-refractivity contribution < 1.29 is 4.79 Å². The summed E-state index contributed by atoms with van der Waals surface area (Å²) in [5, 5.41) is 6.02. The fourth-order valence-corrected chi connectivity index (χ4v) is 1.61. The van der Waals surface area contributed by atoms with Crippen LogP contribution in [-0.2, 0) is 11.3 Å². The molecule has 0 saturated heterocycles. The molecule has 1 aromatic carbocycles. The molecule has 0 saturated carbocycles. The molecule has 0 atom stereocenters. The van der Waals surface area contributed by atoms with Crippen LogP contribution in [0, 0.1) is 6.92 Å². The molecule has 17 heavy (non-hydrogen) atoms. The van der Waals surface area contributed by atoms with Gasteiger partial charge in [-0.2, -0.15) is 0 Å². The Morgan fingerprint density at radius 1 is 1.35 bits per heavy atom. The molecule has 0 heterocycles. The number of carbonyl (C=O) groups is 1. The van der Waals surface area contributed by atoms with Crippen LogP contribution in [0.15, 0.2) is 24.3 Å². The molecule has 0 radical (unpaired) electrons. The van der Waals surface area contributed by atoms with E-state index in [-0.39, 0.29) is 5.91 Å². The van der Waals surface area contributed by atoms with Crippen molar-refractivity contribution in [1.82, 2.24) is 10.6 Å². The number of hydrogen-bond acceptors (Lipinski definition) is 2. The maximum Gasteiger partial charge on any atom is 0.233 e. The predicted octanol–water partition coefficient (Wildman–Crippen LogP) is 2.00. The topological polar surface area (TPSA) is 41.1 Å². The highest BCUT2D eigenvalue weighted by Crippen LogP contribution is 2.02. The van der Waals surface area contributed by atoms with E-state index in [1.807, 2.05) is 6.07 Å². The fourth-order valence-electron chi connectivity index (χ4n) is 1.61. The first-order chi connectivity index (χ1) is 8.22. The van der Waals surface area contributed by atoms with Gasteiger partial charge in [-0.15, -0.1) is 0 Å². The highest BCUT2D eigenvalue weighted by atomic mass is 16.1. The first-order valence-electron chi connectivity index (χ1n) is 6.25. The first-order valence-corrected chi connectivity index (χ1v) is 6.25. The van der Waals surface area contributed by atoms with Crippen LogP contribution in [0.3, 0.4) is 0 Å². The van der Waals surface area contributed by atoms with Crippen LogP contribution in [0.4, 0.5) is 0 Å². The molecule has 3 heteroatoms. The molecule has 94 valence electrons. The summed E-state index contributed by atoms with van der Waals surface area (Å²) in [6.07, 6.45) is 2.15. The molecule has 0 bridgehead atoms. The summed E-state index contributed by atoms with van der Waals surface area (Å²) in [7, 11) is 0. The number of carbonyl (C=O) groups excluding carboxylic acids is 1. The second-order valence-corrected chi connectivity index (χ2v) is 4.30. The maximum atomic E-state index is 11.4. The molecule has 0 aliphatic rings. The Labute approximate surface area is 104 Å². The van der Waals surface area contributed by atoms with Crippen molar-refractivity contribution in [1.29, 1.82) is 0 Å². The normalized spacial score (nSPS) is 10.2. The van der Waals surface area contributed by atoms with E-state index >= 15 is 0 Å². The number of amides is 1. The van der Waals surface area contributed by atoms with E-state index in [1.165, 1.54) is 11.1 Å². The maximum absolute atomic E-state index is 11.4. The molecule has 0 aliphatic carbocycles. The van der Waals surface area contributed by atoms with Gasteiger partial charge in [-0.1, -0.05) is 43.2 Å². The lowest BCUT2D eigenvalue weighted by Crippen LogP contribution is -2.34. The Kier molecular flexibility index (Phi) is 6.33. The molecular weight excluding hydrogens is 212 g/mol. The standard InChI is InChI=1S/C14H22N2O/c1-3-4-8-16-14(17)11-15-10-13-7-5-6-12(2)9-13/h5-7,9,15H,3-4,8,10-11H2,1-2H3,(H,16,17). The Morgan fingerprint density at radius 2 is 2.18 bits per heavy atom. The molecule has 1 aromatic rings. The summed E-state index contributed by atoms with van der Waals surface area (Å²) in [4.78, 5) is 11.4. The number of nitrogens with one attached hydrogen (secondary N) is 2. The largest absolute Gasteiger partial charge is 0.355 e. The Balaban J connectivity index is 2.17. The third-order valence-corrected chi connectivity index (χ3v) is 2.55. The lowest BCUT2D eigenvalue weighted by molar-refractivity contribution is -0.120. The molecule has 0 aromatic heterocycles. The van der Waals surface area contributed by atoms with E-state index in [0.717, 1.165) is 25.9 Å². The average molecular weight is 234 g/mol. The van der Waals surface area contributed by atoms with Crippen LogP contribution in [0.2, 0.25) is 0 Å². The number of hydrogen-bond donors (Lipinski definition) is 2. The van der Waals surface area contributed by atoms with Crippen LogP contribution in [0.25, 0.3) is 0 Å². The van der Waals surface area contributed by atoms with Crippen molar-refractivity contribution in [3.8, 4) is 0 Å². The summed E-state index contributed by atoms with van der Waals surface area (Å²) in [5.74, 6) is 0.0751. The van der Waals surface area contributed by atoms with Gasteiger partial charge in [0.15, 0.2) is 0 Å². The predicted molar refractivity (Wildman–Crippen MR) is 70.8 cm³/mol. The highest BCUT2D eigenvalue weighted by Gasteiger charge is 1.99. The van der Waals surface area contributed by atoms with Gasteiger partial charge < -0.3 is 10.6 Å². The van der Waals surface area contributed by atoms with Gasteiger partial charge in [-0.25, -0.2) is 0 Å². The van der Waals surface area contributed by atoms with Crippen molar-refractivity contribution in [3.63, 3.8) is 0 Å². The molecule has 0 fully saturated rings. The number of benzene rings is 1. The molecule has 0 unspecified atom stereocenters. The number of rotatable bonds is 7. The summed E-state index contributed by atoms with van der Waals surface area (Å²) in [6, 6.07) is 8.30. The zero-order valence-corrected chi connectivity index (χ0v) is 10.8. The number of aryl methyl sites for hydroxylation is 1. The van der Waals surface area contributed by atoms with Crippen molar-refractivity contribution in [2.24, 2.45) is 0 Å². The molecule has 3 nitrogen and oxygen atoms in total. The SMILES string of the molecule is CCCCNC(=O)CNCc1cccc(C)c1. The number of unbranched alkanes of at least 4 members (excludes halogenated alkanes) is 1. The lowest BCUT2D eigenvalue weighted by atomic mass is 10.1. The van der Waals surface area contributed by atoms with Crippen molar-refractivity contribution >= 4 is 5.91 Å². The molecule has 0 aliphatic heterocycles. The molecule has 0 spiro atoms. The van der Waals surface area contributed by atoms with E-state index in [4.69, 9.17) is 0 Å². The van der Waals surface area contributed by atoms with Crippen molar-refractivity contribution in [2.45, 2.75) is 33.2 Å². The van der Waals surface area contributed by atoms with Gasteiger partial charge in [0.05, 0.1) is 6.54 Å². The minimum atomic E-state index is 0.0751. The summed E-state index contributed by atoms with van der Waals surface area (Å²) >= 11 is 0. The quantitative estimate of drug-likeness (QED) is 0.708. The molecule has 1 rings (SSSR count). The van der Waals surface area contributed by atoms with Gasteiger partial charge in [0.1, 0.15) is 0 Å². The summed E-state index contributed by atoms with van der Waals surface area (Å²) in [6.45, 7) is 6.09. The Hall–Kier alpha value is -1.35. The molecule has 2 N–H and O–H groups in total. The van der Waals surface area contributed by atoms with E-state index in [9.17, 15) is 4.79 Å². The smallest absolute Gasteiger partial charge is 0.233 e. The van der Waals surface area contributed by atoms with Crippen molar-refractivity contribution in [2.75, 3.05) is 13.1 Å². The highest BCUT2D eigenvalue weighted by molar-refractivity contribution is 5.77. The van der Waals surface area contributed by atoms with E-state index in [2.05, 4.69) is 42.7 Å². The van der Waals surface area contributed by atoms with Gasteiger partial charge in [0.2, 0.25) is 5.91 Å². The zero-order valence-electron chi connectivity index (χ0n) is 10.8. The van der Waals surface area contributed by atoms with Crippen LogP contribution in [0.5, 0.6) is 0 Å². The minimum Gasteiger partial charge on any atom is -0.355 e. The van der Waals surface area contributed by atoms with E-state index in [0.29, 0.717) is 6.54 Å². The van der Waals surface area contributed by atoms with Gasteiger partial charge in [0, 0.05) is 13.1 Å². The third kappa shape index (κ3) is 6.07. The fraction of sp³-hybridized carbons (Fsp3) is 0.500. The Bertz CT molecular complexity index is 350. The van der Waals surface area contributed by atoms with Crippen LogP contribution in [-0.4, -0.2) is 19.0 Å². The third-order valence-electron chi connectivity index (χ3n) is 2.55. The minimum absolute atomic E-state index is 0.0751.